The van der Waals surface area contributed by atoms with E-state index < -0.39 is 18.0 Å². The number of aromatic hydroxyl groups is 2. The first kappa shape index (κ1) is 14.8. The second-order valence-electron chi connectivity index (χ2n) is 3.90. The van der Waals surface area contributed by atoms with Gasteiger partial charge in [0, 0.05) is 25.3 Å². The van der Waals surface area contributed by atoms with Crippen molar-refractivity contribution in [2.75, 3.05) is 13.7 Å². The highest BCUT2D eigenvalue weighted by Crippen LogP contribution is 2.20. The highest BCUT2D eigenvalue weighted by atomic mass is 16.5. The third kappa shape index (κ3) is 4.84. The first-order valence-electron chi connectivity index (χ1n) is 5.48. The first-order chi connectivity index (χ1) is 8.92. The van der Waals surface area contributed by atoms with Crippen LogP contribution in [0.5, 0.6) is 11.5 Å². The zero-order valence-corrected chi connectivity index (χ0v) is 10.3. The van der Waals surface area contributed by atoms with Crippen LogP contribution in [-0.2, 0) is 9.53 Å². The van der Waals surface area contributed by atoms with Crippen LogP contribution in [0.1, 0.15) is 16.8 Å². The average molecular weight is 269 g/mol. The fourth-order valence-corrected chi connectivity index (χ4v) is 1.47. The van der Waals surface area contributed by atoms with Crippen molar-refractivity contribution >= 4 is 11.9 Å². The van der Waals surface area contributed by atoms with E-state index in [9.17, 15) is 19.8 Å². The smallest absolute Gasteiger partial charge is 0.306 e. The SMILES string of the molecule is COC(CNC(=O)c1cc(O)cc(O)c1)CC(=O)O. The van der Waals surface area contributed by atoms with Crippen LogP contribution in [0.3, 0.4) is 0 Å². The highest BCUT2D eigenvalue weighted by Gasteiger charge is 2.15. The molecule has 1 atom stereocenters. The fraction of sp³-hybridized carbons (Fsp3) is 0.333. The summed E-state index contributed by atoms with van der Waals surface area (Å²) in [5.74, 6) is -2.05. The number of carboxylic acids is 1. The highest BCUT2D eigenvalue weighted by molar-refractivity contribution is 5.95. The Hall–Kier alpha value is -2.28. The van der Waals surface area contributed by atoms with E-state index >= 15 is 0 Å². The summed E-state index contributed by atoms with van der Waals surface area (Å²) < 4.78 is 4.90. The van der Waals surface area contributed by atoms with E-state index in [1.807, 2.05) is 0 Å². The number of amides is 1. The Balaban J connectivity index is 2.61. The molecule has 0 saturated carbocycles. The number of aliphatic carboxylic acids is 1. The van der Waals surface area contributed by atoms with Crippen LogP contribution in [0.15, 0.2) is 18.2 Å². The van der Waals surface area contributed by atoms with E-state index in [-0.39, 0.29) is 30.0 Å². The average Bonchev–Trinajstić information content (AvgIpc) is 2.32. The molecule has 1 rings (SSSR count). The number of rotatable bonds is 6. The maximum atomic E-state index is 11.7. The van der Waals surface area contributed by atoms with Crippen LogP contribution in [0, 0.1) is 0 Å². The lowest BCUT2D eigenvalue weighted by molar-refractivity contribution is -0.139. The number of phenolic OH excluding ortho intramolecular Hbond substituents is 2. The molecule has 0 spiro atoms. The number of carbonyl (C=O) groups is 2. The summed E-state index contributed by atoms with van der Waals surface area (Å²) in [5, 5.41) is 29.6. The molecule has 0 aliphatic carbocycles. The molecule has 7 heteroatoms. The monoisotopic (exact) mass is 269 g/mol. The van der Waals surface area contributed by atoms with Crippen molar-refractivity contribution < 1.29 is 29.6 Å². The summed E-state index contributed by atoms with van der Waals surface area (Å²) in [5.41, 5.74) is 0.0719. The predicted octanol–water partition coefficient (Wildman–Crippen LogP) is 0.317. The van der Waals surface area contributed by atoms with Crippen molar-refractivity contribution in [3.63, 3.8) is 0 Å². The van der Waals surface area contributed by atoms with Gasteiger partial charge in [0.25, 0.3) is 5.91 Å². The molecule has 0 radical (unpaired) electrons. The molecule has 4 N–H and O–H groups in total. The van der Waals surface area contributed by atoms with Crippen LogP contribution < -0.4 is 5.32 Å². The molecular formula is C12H15NO6. The van der Waals surface area contributed by atoms with E-state index in [4.69, 9.17) is 9.84 Å². The minimum absolute atomic E-state index is 0.0120. The Bertz CT molecular complexity index is 453. The van der Waals surface area contributed by atoms with E-state index in [1.165, 1.54) is 19.2 Å². The largest absolute Gasteiger partial charge is 0.508 e. The Morgan fingerprint density at radius 2 is 1.84 bits per heavy atom. The lowest BCUT2D eigenvalue weighted by Crippen LogP contribution is -2.34. The molecule has 0 aliphatic rings. The summed E-state index contributed by atoms with van der Waals surface area (Å²) in [7, 11) is 1.35. The number of phenols is 2. The van der Waals surface area contributed by atoms with Gasteiger partial charge in [0.1, 0.15) is 11.5 Å². The molecule has 1 aromatic carbocycles. The number of hydrogen-bond acceptors (Lipinski definition) is 5. The van der Waals surface area contributed by atoms with Gasteiger partial charge in [0.05, 0.1) is 12.5 Å². The maximum absolute atomic E-state index is 11.7. The van der Waals surface area contributed by atoms with Crippen LogP contribution in [0.25, 0.3) is 0 Å². The lowest BCUT2D eigenvalue weighted by Gasteiger charge is -2.14. The van der Waals surface area contributed by atoms with Crippen molar-refractivity contribution in [1.82, 2.24) is 5.32 Å². The normalized spacial score (nSPS) is 11.8. The molecule has 0 fully saturated rings. The molecule has 104 valence electrons. The van der Waals surface area contributed by atoms with Gasteiger partial charge in [-0.2, -0.15) is 0 Å². The van der Waals surface area contributed by atoms with Gasteiger partial charge in [-0.25, -0.2) is 0 Å². The topological polar surface area (TPSA) is 116 Å². The Labute approximate surface area is 109 Å². The molecule has 1 aromatic rings. The van der Waals surface area contributed by atoms with Crippen molar-refractivity contribution in [2.24, 2.45) is 0 Å². The number of nitrogens with one attached hydrogen (secondary N) is 1. The van der Waals surface area contributed by atoms with Crippen LogP contribution >= 0.6 is 0 Å². The molecule has 0 heterocycles. The van der Waals surface area contributed by atoms with Crippen molar-refractivity contribution in [1.29, 1.82) is 0 Å². The maximum Gasteiger partial charge on any atom is 0.306 e. The van der Waals surface area contributed by atoms with Gasteiger partial charge in [0.2, 0.25) is 0 Å². The van der Waals surface area contributed by atoms with Crippen molar-refractivity contribution in [3.05, 3.63) is 23.8 Å². The number of hydrogen-bond donors (Lipinski definition) is 4. The number of carbonyl (C=O) groups excluding carboxylic acids is 1. The second-order valence-corrected chi connectivity index (χ2v) is 3.90. The lowest BCUT2D eigenvalue weighted by atomic mass is 10.2. The van der Waals surface area contributed by atoms with Gasteiger partial charge in [-0.1, -0.05) is 0 Å². The van der Waals surface area contributed by atoms with Crippen molar-refractivity contribution in [2.45, 2.75) is 12.5 Å². The number of benzene rings is 1. The molecule has 7 nitrogen and oxygen atoms in total. The minimum Gasteiger partial charge on any atom is -0.508 e. The Morgan fingerprint density at radius 3 is 2.32 bits per heavy atom. The van der Waals surface area contributed by atoms with Gasteiger partial charge in [-0.05, 0) is 12.1 Å². The second kappa shape index (κ2) is 6.60. The van der Waals surface area contributed by atoms with E-state index in [0.717, 1.165) is 6.07 Å². The molecular weight excluding hydrogens is 254 g/mol. The molecule has 0 saturated heterocycles. The van der Waals surface area contributed by atoms with Gasteiger partial charge < -0.3 is 25.4 Å². The minimum atomic E-state index is -1.03. The summed E-state index contributed by atoms with van der Waals surface area (Å²) in [6.45, 7) is 0.0120. The summed E-state index contributed by atoms with van der Waals surface area (Å²) in [6, 6.07) is 3.47. The summed E-state index contributed by atoms with van der Waals surface area (Å²) >= 11 is 0. The number of methoxy groups -OCH3 is 1. The van der Waals surface area contributed by atoms with E-state index in [1.54, 1.807) is 0 Å². The summed E-state index contributed by atoms with van der Waals surface area (Å²) in [4.78, 5) is 22.2. The molecule has 19 heavy (non-hydrogen) atoms. The molecule has 1 unspecified atom stereocenters. The fourth-order valence-electron chi connectivity index (χ4n) is 1.47. The van der Waals surface area contributed by atoms with Crippen molar-refractivity contribution in [3.8, 4) is 11.5 Å². The first-order valence-corrected chi connectivity index (χ1v) is 5.48. The Kier molecular flexibility index (Phi) is 5.13. The third-order valence-electron chi connectivity index (χ3n) is 2.39. The summed E-state index contributed by atoms with van der Waals surface area (Å²) in [6.07, 6.45) is -0.880. The van der Waals surface area contributed by atoms with E-state index in [2.05, 4.69) is 5.32 Å². The zero-order valence-electron chi connectivity index (χ0n) is 10.3. The van der Waals surface area contributed by atoms with Crippen LogP contribution in [0.2, 0.25) is 0 Å². The van der Waals surface area contributed by atoms with Gasteiger partial charge >= 0.3 is 5.97 Å². The quantitative estimate of drug-likeness (QED) is 0.591. The molecule has 1 amide bonds. The van der Waals surface area contributed by atoms with E-state index in [0.29, 0.717) is 0 Å². The van der Waals surface area contributed by atoms with Gasteiger partial charge in [-0.3, -0.25) is 9.59 Å². The standard InChI is InChI=1S/C12H15NO6/c1-19-10(5-11(16)17)6-13-12(18)7-2-8(14)4-9(15)3-7/h2-4,10,14-15H,5-6H2,1H3,(H,13,18)(H,16,17). The molecule has 0 bridgehead atoms. The van der Waals surface area contributed by atoms with Crippen LogP contribution in [0.4, 0.5) is 0 Å². The Morgan fingerprint density at radius 1 is 1.26 bits per heavy atom. The predicted molar refractivity (Wildman–Crippen MR) is 65.2 cm³/mol. The third-order valence-corrected chi connectivity index (χ3v) is 2.39. The number of carboxylic acid groups (broad SMARTS) is 1. The van der Waals surface area contributed by atoms with Gasteiger partial charge in [-0.15, -0.1) is 0 Å². The van der Waals surface area contributed by atoms with Gasteiger partial charge in [0.15, 0.2) is 0 Å². The molecule has 0 aliphatic heterocycles. The number of ether oxygens (including phenoxy) is 1. The van der Waals surface area contributed by atoms with Crippen LogP contribution in [-0.4, -0.2) is 47.0 Å². The zero-order chi connectivity index (χ0) is 14.4. The molecule has 0 aromatic heterocycles.